The van der Waals surface area contributed by atoms with Gasteiger partial charge in [-0.1, -0.05) is 87.1 Å². The minimum absolute atomic E-state index is 0.168. The molecule has 0 aromatic heterocycles. The molecule has 0 aliphatic heterocycles. The summed E-state index contributed by atoms with van der Waals surface area (Å²) in [5.74, 6) is 0. The maximum absolute atomic E-state index is 6.04. The number of halogens is 2. The smallest absolute Gasteiger partial charge is 0.0925 e. The van der Waals surface area contributed by atoms with Crippen LogP contribution in [-0.2, 0) is 11.2 Å². The lowest BCUT2D eigenvalue weighted by molar-refractivity contribution is 0.0689. The number of rotatable bonds is 7. The Kier molecular flexibility index (Phi) is 7.03. The highest BCUT2D eigenvalue weighted by Gasteiger charge is 2.13. The molecule has 0 bridgehead atoms. The number of benzene rings is 2. The monoisotopic (exact) mass is 444 g/mol. The first-order valence-electron chi connectivity index (χ1n) is 6.77. The highest BCUT2D eigenvalue weighted by Crippen LogP contribution is 2.27. The quantitative estimate of drug-likeness (QED) is 0.308. The summed E-state index contributed by atoms with van der Waals surface area (Å²) >= 11 is 5.99. The van der Waals surface area contributed by atoms with Gasteiger partial charge in [0.25, 0.3) is 0 Å². The van der Waals surface area contributed by atoms with Gasteiger partial charge in [-0.15, -0.1) is 0 Å². The van der Waals surface area contributed by atoms with Crippen molar-refractivity contribution < 1.29 is 4.74 Å². The van der Waals surface area contributed by atoms with E-state index in [0.29, 0.717) is 0 Å². The summed E-state index contributed by atoms with van der Waals surface area (Å²) in [5.41, 5.74) is 2.62. The van der Waals surface area contributed by atoms with Gasteiger partial charge < -0.3 is 4.74 Å². The van der Waals surface area contributed by atoms with Gasteiger partial charge in [0.1, 0.15) is 0 Å². The molecule has 20 heavy (non-hydrogen) atoms. The number of alkyl halides is 1. The van der Waals surface area contributed by atoms with Gasteiger partial charge in [-0.3, -0.25) is 0 Å². The van der Waals surface area contributed by atoms with Crippen molar-refractivity contribution in [2.24, 2.45) is 0 Å². The van der Waals surface area contributed by atoms with Crippen molar-refractivity contribution >= 4 is 38.5 Å². The van der Waals surface area contributed by atoms with Crippen LogP contribution in [0.15, 0.2) is 59.1 Å². The fourth-order valence-electron chi connectivity index (χ4n) is 2.10. The van der Waals surface area contributed by atoms with Gasteiger partial charge in [-0.05, 0) is 30.0 Å². The molecule has 1 nitrogen and oxygen atoms in total. The van der Waals surface area contributed by atoms with E-state index in [0.717, 1.165) is 28.3 Å². The Balaban J connectivity index is 1.81. The number of hydrogen-bond acceptors (Lipinski definition) is 1. The minimum Gasteiger partial charge on any atom is -0.373 e. The van der Waals surface area contributed by atoms with Crippen LogP contribution in [0.25, 0.3) is 0 Å². The Labute approximate surface area is 143 Å². The molecule has 0 amide bonds. The van der Waals surface area contributed by atoms with Crippen LogP contribution in [-0.4, -0.2) is 11.0 Å². The first-order valence-corrected chi connectivity index (χ1v) is 9.09. The summed E-state index contributed by atoms with van der Waals surface area (Å²) in [6.45, 7) is 0.796. The van der Waals surface area contributed by atoms with Crippen molar-refractivity contribution in [1.29, 1.82) is 0 Å². The standard InChI is InChI=1S/C17H18BrIO/c18-16-11-5-4-10-15(16)17(13-19)20-12-6-9-14-7-2-1-3-8-14/h1-5,7-8,10-11,17H,6,9,12-13H2. The van der Waals surface area contributed by atoms with E-state index < -0.39 is 0 Å². The molecular weight excluding hydrogens is 427 g/mol. The second kappa shape index (κ2) is 8.80. The van der Waals surface area contributed by atoms with E-state index in [1.54, 1.807) is 0 Å². The molecule has 0 fully saturated rings. The molecule has 2 aromatic rings. The van der Waals surface area contributed by atoms with Gasteiger partial charge in [0.05, 0.1) is 6.10 Å². The molecule has 3 heteroatoms. The van der Waals surface area contributed by atoms with E-state index in [-0.39, 0.29) is 6.10 Å². The molecule has 0 N–H and O–H groups in total. The molecule has 0 radical (unpaired) electrons. The number of aryl methyl sites for hydroxylation is 1. The predicted octanol–water partition coefficient (Wildman–Crippen LogP) is 5.57. The third kappa shape index (κ3) is 4.86. The second-order valence-electron chi connectivity index (χ2n) is 4.62. The lowest BCUT2D eigenvalue weighted by atomic mass is 10.1. The zero-order chi connectivity index (χ0) is 14.2. The lowest BCUT2D eigenvalue weighted by Crippen LogP contribution is -2.08. The van der Waals surface area contributed by atoms with E-state index in [4.69, 9.17) is 4.74 Å². The SMILES string of the molecule is Brc1ccccc1C(CI)OCCCc1ccccc1. The van der Waals surface area contributed by atoms with E-state index in [9.17, 15) is 0 Å². The molecule has 2 rings (SSSR count). The Morgan fingerprint density at radius 3 is 2.40 bits per heavy atom. The largest absolute Gasteiger partial charge is 0.373 e. The van der Waals surface area contributed by atoms with E-state index in [2.05, 4.69) is 87.1 Å². The van der Waals surface area contributed by atoms with E-state index in [1.165, 1.54) is 11.1 Å². The summed E-state index contributed by atoms with van der Waals surface area (Å²) < 4.78 is 8.14. The van der Waals surface area contributed by atoms with Gasteiger partial charge >= 0.3 is 0 Å². The van der Waals surface area contributed by atoms with E-state index >= 15 is 0 Å². The first kappa shape index (κ1) is 16.0. The summed E-state index contributed by atoms with van der Waals surface area (Å²) in [6.07, 6.45) is 2.30. The first-order chi connectivity index (χ1) is 9.81. The van der Waals surface area contributed by atoms with Gasteiger partial charge in [0.15, 0.2) is 0 Å². The van der Waals surface area contributed by atoms with Gasteiger partial charge in [-0.2, -0.15) is 0 Å². The van der Waals surface area contributed by atoms with Crippen LogP contribution in [0.2, 0.25) is 0 Å². The van der Waals surface area contributed by atoms with Crippen LogP contribution in [0, 0.1) is 0 Å². The topological polar surface area (TPSA) is 9.23 Å². The molecule has 1 unspecified atom stereocenters. The lowest BCUT2D eigenvalue weighted by Gasteiger charge is -2.17. The number of hydrogen-bond donors (Lipinski definition) is 0. The molecule has 0 aliphatic carbocycles. The summed E-state index contributed by atoms with van der Waals surface area (Å²) in [6, 6.07) is 18.9. The van der Waals surface area contributed by atoms with Gasteiger partial charge in [0.2, 0.25) is 0 Å². The fraction of sp³-hybridized carbons (Fsp3) is 0.294. The van der Waals surface area contributed by atoms with Gasteiger partial charge in [-0.25, -0.2) is 0 Å². The van der Waals surface area contributed by atoms with E-state index in [1.807, 2.05) is 6.07 Å². The van der Waals surface area contributed by atoms with Crippen molar-refractivity contribution in [3.05, 3.63) is 70.2 Å². The Morgan fingerprint density at radius 2 is 1.70 bits per heavy atom. The molecule has 0 spiro atoms. The molecule has 0 aliphatic rings. The highest BCUT2D eigenvalue weighted by molar-refractivity contribution is 14.1. The third-order valence-corrected chi connectivity index (χ3v) is 4.69. The summed E-state index contributed by atoms with van der Waals surface area (Å²) in [5, 5.41) is 0. The van der Waals surface area contributed by atoms with Crippen LogP contribution in [0.3, 0.4) is 0 Å². The van der Waals surface area contributed by atoms with Crippen LogP contribution in [0.4, 0.5) is 0 Å². The molecule has 1 atom stereocenters. The normalized spacial score (nSPS) is 12.3. The molecule has 0 saturated carbocycles. The molecule has 0 saturated heterocycles. The van der Waals surface area contributed by atoms with Crippen molar-refractivity contribution in [3.63, 3.8) is 0 Å². The van der Waals surface area contributed by atoms with Crippen molar-refractivity contribution in [1.82, 2.24) is 0 Å². The molecular formula is C17H18BrIO. The van der Waals surface area contributed by atoms with Crippen LogP contribution in [0.5, 0.6) is 0 Å². The Morgan fingerprint density at radius 1 is 1.00 bits per heavy atom. The average molecular weight is 445 g/mol. The second-order valence-corrected chi connectivity index (χ2v) is 6.36. The Bertz CT molecular complexity index is 515. The van der Waals surface area contributed by atoms with Crippen molar-refractivity contribution in [2.45, 2.75) is 18.9 Å². The maximum atomic E-state index is 6.04. The van der Waals surface area contributed by atoms with Gasteiger partial charge in [0, 0.05) is 15.5 Å². The number of ether oxygens (including phenoxy) is 1. The molecule has 106 valence electrons. The van der Waals surface area contributed by atoms with Crippen LogP contribution < -0.4 is 0 Å². The summed E-state index contributed by atoms with van der Waals surface area (Å²) in [7, 11) is 0. The zero-order valence-corrected chi connectivity index (χ0v) is 15.0. The minimum atomic E-state index is 0.168. The fourth-order valence-corrected chi connectivity index (χ4v) is 3.37. The molecule has 0 heterocycles. The average Bonchev–Trinajstić information content (AvgIpc) is 2.50. The zero-order valence-electron chi connectivity index (χ0n) is 11.3. The Hall–Kier alpha value is -0.390. The highest BCUT2D eigenvalue weighted by atomic mass is 127. The summed E-state index contributed by atoms with van der Waals surface area (Å²) in [4.78, 5) is 0. The maximum Gasteiger partial charge on any atom is 0.0925 e. The van der Waals surface area contributed by atoms with Crippen LogP contribution >= 0.6 is 38.5 Å². The van der Waals surface area contributed by atoms with Crippen molar-refractivity contribution in [3.8, 4) is 0 Å². The van der Waals surface area contributed by atoms with Crippen LogP contribution in [0.1, 0.15) is 23.7 Å². The van der Waals surface area contributed by atoms with Crippen molar-refractivity contribution in [2.75, 3.05) is 11.0 Å². The third-order valence-electron chi connectivity index (χ3n) is 3.16. The molecule has 2 aromatic carbocycles. The predicted molar refractivity (Wildman–Crippen MR) is 96.5 cm³/mol.